The Kier molecular flexibility index (Phi) is 6.87. The number of hydrogen-bond acceptors (Lipinski definition) is 3. The van der Waals surface area contributed by atoms with Gasteiger partial charge in [-0.25, -0.2) is 0 Å². The molecule has 0 bridgehead atoms. The molecule has 0 spiro atoms. The van der Waals surface area contributed by atoms with Crippen molar-refractivity contribution in [3.8, 4) is 5.75 Å². The van der Waals surface area contributed by atoms with Gasteiger partial charge in [0.15, 0.2) is 0 Å². The molecule has 106 valence electrons. The van der Waals surface area contributed by atoms with Gasteiger partial charge in [0.1, 0.15) is 5.75 Å². The van der Waals surface area contributed by atoms with Crippen molar-refractivity contribution in [1.29, 1.82) is 0 Å². The maximum atomic E-state index is 11.4. The molecule has 4 nitrogen and oxygen atoms in total. The van der Waals surface area contributed by atoms with Gasteiger partial charge in [-0.2, -0.15) is 0 Å². The van der Waals surface area contributed by atoms with Gasteiger partial charge in [-0.1, -0.05) is 15.9 Å². The fourth-order valence-electron chi connectivity index (χ4n) is 1.65. The van der Waals surface area contributed by atoms with Gasteiger partial charge in [-0.3, -0.25) is 4.79 Å². The molecule has 0 aliphatic rings. The van der Waals surface area contributed by atoms with Crippen LogP contribution in [0.15, 0.2) is 22.7 Å². The highest BCUT2D eigenvalue weighted by Gasteiger charge is 2.06. The van der Waals surface area contributed by atoms with Crippen LogP contribution in [0.2, 0.25) is 0 Å². The summed E-state index contributed by atoms with van der Waals surface area (Å²) in [5.74, 6) is 1.00. The van der Waals surface area contributed by atoms with E-state index in [1.807, 2.05) is 25.2 Å². The lowest BCUT2D eigenvalue weighted by molar-refractivity contribution is -0.128. The average molecular weight is 329 g/mol. The first-order valence-corrected chi connectivity index (χ1v) is 7.10. The van der Waals surface area contributed by atoms with Crippen molar-refractivity contribution >= 4 is 21.8 Å². The van der Waals surface area contributed by atoms with E-state index in [2.05, 4.69) is 21.2 Å². The van der Waals surface area contributed by atoms with Gasteiger partial charge in [0.2, 0.25) is 5.91 Å². The molecule has 1 amide bonds. The number of hydrogen-bond donors (Lipinski definition) is 1. The molecule has 0 saturated carbocycles. The number of halogens is 1. The first kappa shape index (κ1) is 16.0. The fraction of sp³-hybridized carbons (Fsp3) is 0.500. The molecular weight excluding hydrogens is 308 g/mol. The molecule has 0 aliphatic heterocycles. The number of carbonyl (C=O) groups excluding carboxylic acids is 1. The van der Waals surface area contributed by atoms with E-state index in [0.29, 0.717) is 13.0 Å². The SMILES string of the molecule is CNCc1cc(Br)ccc1OCCCC(=O)N(C)C. The Labute approximate surface area is 123 Å². The molecule has 19 heavy (non-hydrogen) atoms. The second-order valence-corrected chi connectivity index (χ2v) is 5.44. The van der Waals surface area contributed by atoms with Crippen LogP contribution in [0.25, 0.3) is 0 Å². The molecule has 1 rings (SSSR count). The number of benzene rings is 1. The first-order chi connectivity index (χ1) is 9.04. The summed E-state index contributed by atoms with van der Waals surface area (Å²) in [5, 5.41) is 3.11. The van der Waals surface area contributed by atoms with Crippen LogP contribution in [0.4, 0.5) is 0 Å². The van der Waals surface area contributed by atoms with Gasteiger partial charge in [0, 0.05) is 37.1 Å². The Balaban J connectivity index is 2.46. The molecule has 0 atom stereocenters. The summed E-state index contributed by atoms with van der Waals surface area (Å²) < 4.78 is 6.78. The molecule has 0 aromatic heterocycles. The molecule has 1 aromatic carbocycles. The summed E-state index contributed by atoms with van der Waals surface area (Å²) >= 11 is 3.45. The number of ether oxygens (including phenoxy) is 1. The summed E-state index contributed by atoms with van der Waals surface area (Å²) in [6, 6.07) is 5.95. The zero-order valence-corrected chi connectivity index (χ0v) is 13.3. The Hall–Kier alpha value is -1.07. The van der Waals surface area contributed by atoms with Crippen molar-refractivity contribution in [1.82, 2.24) is 10.2 Å². The van der Waals surface area contributed by atoms with E-state index in [0.717, 1.165) is 28.8 Å². The number of nitrogens with zero attached hydrogens (tertiary/aromatic N) is 1. The lowest BCUT2D eigenvalue weighted by atomic mass is 10.2. The summed E-state index contributed by atoms with van der Waals surface area (Å²) in [6.07, 6.45) is 1.25. The molecule has 1 aromatic rings. The molecule has 1 N–H and O–H groups in total. The van der Waals surface area contributed by atoms with Crippen LogP contribution in [-0.2, 0) is 11.3 Å². The number of rotatable bonds is 7. The second kappa shape index (κ2) is 8.17. The predicted molar refractivity (Wildman–Crippen MR) is 80.3 cm³/mol. The highest BCUT2D eigenvalue weighted by atomic mass is 79.9. The third kappa shape index (κ3) is 5.61. The predicted octanol–water partition coefficient (Wildman–Crippen LogP) is 2.42. The summed E-state index contributed by atoms with van der Waals surface area (Å²) in [7, 11) is 5.44. The van der Waals surface area contributed by atoms with Gasteiger partial charge in [0.05, 0.1) is 6.61 Å². The lowest BCUT2D eigenvalue weighted by Gasteiger charge is -2.13. The molecule has 0 saturated heterocycles. The van der Waals surface area contributed by atoms with Crippen LogP contribution in [0.5, 0.6) is 5.75 Å². The molecule has 0 aliphatic carbocycles. The van der Waals surface area contributed by atoms with Crippen LogP contribution in [-0.4, -0.2) is 38.6 Å². The van der Waals surface area contributed by atoms with Crippen LogP contribution >= 0.6 is 15.9 Å². The maximum Gasteiger partial charge on any atom is 0.222 e. The minimum Gasteiger partial charge on any atom is -0.493 e. The highest BCUT2D eigenvalue weighted by molar-refractivity contribution is 9.10. The zero-order valence-electron chi connectivity index (χ0n) is 11.7. The summed E-state index contributed by atoms with van der Waals surface area (Å²) in [6.45, 7) is 1.31. The van der Waals surface area contributed by atoms with Gasteiger partial charge in [0.25, 0.3) is 0 Å². The quantitative estimate of drug-likeness (QED) is 0.781. The van der Waals surface area contributed by atoms with Crippen LogP contribution in [0, 0.1) is 0 Å². The third-order valence-corrected chi connectivity index (χ3v) is 3.17. The minimum absolute atomic E-state index is 0.134. The van der Waals surface area contributed by atoms with E-state index in [4.69, 9.17) is 4.74 Å². The molecule has 0 heterocycles. The van der Waals surface area contributed by atoms with Crippen molar-refractivity contribution in [2.24, 2.45) is 0 Å². The fourth-order valence-corrected chi connectivity index (χ4v) is 2.06. The van der Waals surface area contributed by atoms with E-state index < -0.39 is 0 Å². The Morgan fingerprint density at radius 1 is 1.42 bits per heavy atom. The lowest BCUT2D eigenvalue weighted by Crippen LogP contribution is -2.21. The van der Waals surface area contributed by atoms with E-state index in [1.165, 1.54) is 0 Å². The Morgan fingerprint density at radius 2 is 2.16 bits per heavy atom. The number of carbonyl (C=O) groups is 1. The van der Waals surface area contributed by atoms with Crippen molar-refractivity contribution in [3.05, 3.63) is 28.2 Å². The van der Waals surface area contributed by atoms with Crippen LogP contribution < -0.4 is 10.1 Å². The zero-order chi connectivity index (χ0) is 14.3. The van der Waals surface area contributed by atoms with Crippen molar-refractivity contribution in [2.75, 3.05) is 27.7 Å². The minimum atomic E-state index is 0.134. The molecule has 0 unspecified atom stereocenters. The standard InChI is InChI=1S/C14H21BrN2O2/c1-16-10-11-9-12(15)6-7-13(11)19-8-4-5-14(18)17(2)3/h6-7,9,16H,4-5,8,10H2,1-3H3. The largest absolute Gasteiger partial charge is 0.493 e. The third-order valence-electron chi connectivity index (χ3n) is 2.68. The van der Waals surface area contributed by atoms with E-state index in [-0.39, 0.29) is 5.91 Å². The normalized spacial score (nSPS) is 10.3. The molecule has 0 radical (unpaired) electrons. The highest BCUT2D eigenvalue weighted by Crippen LogP contribution is 2.23. The average Bonchev–Trinajstić information content (AvgIpc) is 2.36. The summed E-state index contributed by atoms with van der Waals surface area (Å²) in [4.78, 5) is 13.0. The van der Waals surface area contributed by atoms with Crippen LogP contribution in [0.3, 0.4) is 0 Å². The second-order valence-electron chi connectivity index (χ2n) is 4.52. The van der Waals surface area contributed by atoms with E-state index >= 15 is 0 Å². The molecule has 5 heteroatoms. The van der Waals surface area contributed by atoms with E-state index in [9.17, 15) is 4.79 Å². The Bertz CT molecular complexity index is 422. The smallest absolute Gasteiger partial charge is 0.222 e. The first-order valence-electron chi connectivity index (χ1n) is 6.30. The van der Waals surface area contributed by atoms with Gasteiger partial charge in [-0.15, -0.1) is 0 Å². The van der Waals surface area contributed by atoms with E-state index in [1.54, 1.807) is 19.0 Å². The Morgan fingerprint density at radius 3 is 2.79 bits per heavy atom. The van der Waals surface area contributed by atoms with Gasteiger partial charge < -0.3 is 15.0 Å². The number of amides is 1. The van der Waals surface area contributed by atoms with Crippen LogP contribution in [0.1, 0.15) is 18.4 Å². The monoisotopic (exact) mass is 328 g/mol. The van der Waals surface area contributed by atoms with Crippen molar-refractivity contribution in [3.63, 3.8) is 0 Å². The van der Waals surface area contributed by atoms with Gasteiger partial charge in [-0.05, 0) is 31.7 Å². The number of nitrogens with one attached hydrogen (secondary N) is 1. The summed E-state index contributed by atoms with van der Waals surface area (Å²) in [5.41, 5.74) is 1.11. The van der Waals surface area contributed by atoms with Crippen molar-refractivity contribution in [2.45, 2.75) is 19.4 Å². The van der Waals surface area contributed by atoms with Gasteiger partial charge >= 0.3 is 0 Å². The van der Waals surface area contributed by atoms with Crippen molar-refractivity contribution < 1.29 is 9.53 Å². The maximum absolute atomic E-state index is 11.4. The topological polar surface area (TPSA) is 41.6 Å². The molecule has 0 fully saturated rings. The molecular formula is C14H21BrN2O2.